The molecular formula is C20H24O3. The molecule has 3 heteroatoms. The Morgan fingerprint density at radius 2 is 1.87 bits per heavy atom. The van der Waals surface area contributed by atoms with Gasteiger partial charge in [-0.1, -0.05) is 19.1 Å². The van der Waals surface area contributed by atoms with Gasteiger partial charge in [-0.05, 0) is 53.9 Å². The van der Waals surface area contributed by atoms with Crippen molar-refractivity contribution in [3.8, 4) is 0 Å². The number of ether oxygens (including phenoxy) is 2. The third-order valence-electron chi connectivity index (χ3n) is 7.03. The Hall–Kier alpha value is -1.19. The van der Waals surface area contributed by atoms with E-state index < -0.39 is 0 Å². The van der Waals surface area contributed by atoms with E-state index in [4.69, 9.17) is 9.47 Å². The molecule has 1 heterocycles. The summed E-state index contributed by atoms with van der Waals surface area (Å²) in [5.74, 6) is 0.583. The Labute approximate surface area is 137 Å². The van der Waals surface area contributed by atoms with Crippen LogP contribution in [0.3, 0.4) is 0 Å². The smallest absolute Gasteiger partial charge is 0.174 e. The maximum Gasteiger partial charge on any atom is 0.174 e. The Bertz CT molecular complexity index is 686. The standard InChI is InChI=1S/C20H24O3/c1-19-8-6-16-15-5-3-14(21)12-13(15)2-4-17(16)18(19)7-9-20(19)22-10-11-23-20/h2,4,18H,3,5-12H2,1H3. The molecule has 122 valence electrons. The summed E-state index contributed by atoms with van der Waals surface area (Å²) < 4.78 is 12.3. The lowest BCUT2D eigenvalue weighted by atomic mass is 9.63. The Balaban J connectivity index is 1.60. The molecule has 0 bridgehead atoms. The summed E-state index contributed by atoms with van der Waals surface area (Å²) >= 11 is 0. The summed E-state index contributed by atoms with van der Waals surface area (Å²) in [4.78, 5) is 11.8. The van der Waals surface area contributed by atoms with Crippen molar-refractivity contribution in [3.05, 3.63) is 34.4 Å². The summed E-state index contributed by atoms with van der Waals surface area (Å²) in [6.45, 7) is 3.85. The summed E-state index contributed by atoms with van der Waals surface area (Å²) in [6.07, 6.45) is 6.72. The van der Waals surface area contributed by atoms with Crippen molar-refractivity contribution < 1.29 is 14.3 Å². The first kappa shape index (κ1) is 14.2. The number of hydrogen-bond donors (Lipinski definition) is 0. The van der Waals surface area contributed by atoms with Crippen LogP contribution in [0.1, 0.15) is 60.8 Å². The van der Waals surface area contributed by atoms with E-state index in [1.165, 1.54) is 16.7 Å². The van der Waals surface area contributed by atoms with Crippen molar-refractivity contribution >= 4 is 5.78 Å². The van der Waals surface area contributed by atoms with E-state index in [0.717, 1.165) is 51.7 Å². The Morgan fingerprint density at radius 1 is 1.04 bits per heavy atom. The lowest BCUT2D eigenvalue weighted by molar-refractivity contribution is -0.222. The minimum atomic E-state index is -0.346. The van der Waals surface area contributed by atoms with Crippen LogP contribution in [0.4, 0.5) is 0 Å². The fraction of sp³-hybridized carbons (Fsp3) is 0.650. The van der Waals surface area contributed by atoms with Crippen LogP contribution >= 0.6 is 0 Å². The molecule has 0 aromatic heterocycles. The Kier molecular flexibility index (Phi) is 2.88. The highest BCUT2D eigenvalue weighted by molar-refractivity contribution is 5.83. The fourth-order valence-electron chi connectivity index (χ4n) is 5.80. The van der Waals surface area contributed by atoms with Crippen LogP contribution < -0.4 is 0 Å². The average molecular weight is 312 g/mol. The van der Waals surface area contributed by atoms with E-state index >= 15 is 0 Å². The van der Waals surface area contributed by atoms with E-state index in [2.05, 4.69) is 19.1 Å². The molecule has 2 atom stereocenters. The van der Waals surface area contributed by atoms with E-state index in [1.54, 1.807) is 5.56 Å². The van der Waals surface area contributed by atoms with Crippen LogP contribution in [0.2, 0.25) is 0 Å². The predicted molar refractivity (Wildman–Crippen MR) is 86.5 cm³/mol. The molecular weight excluding hydrogens is 288 g/mol. The number of hydrogen-bond acceptors (Lipinski definition) is 3. The quantitative estimate of drug-likeness (QED) is 0.737. The molecule has 2 fully saturated rings. The molecule has 0 amide bonds. The van der Waals surface area contributed by atoms with Gasteiger partial charge in [-0.2, -0.15) is 0 Å². The first-order valence-electron chi connectivity index (χ1n) is 9.06. The van der Waals surface area contributed by atoms with Gasteiger partial charge < -0.3 is 9.47 Å². The highest BCUT2D eigenvalue weighted by atomic mass is 16.7. The molecule has 1 spiro atoms. The number of benzene rings is 1. The van der Waals surface area contributed by atoms with Crippen LogP contribution in [-0.4, -0.2) is 24.8 Å². The first-order chi connectivity index (χ1) is 11.1. The number of ketones is 1. The predicted octanol–water partition coefficient (Wildman–Crippen LogP) is 3.32. The van der Waals surface area contributed by atoms with Gasteiger partial charge in [0.25, 0.3) is 0 Å². The molecule has 0 radical (unpaired) electrons. The van der Waals surface area contributed by atoms with Gasteiger partial charge in [0.2, 0.25) is 0 Å². The zero-order valence-electron chi connectivity index (χ0n) is 13.8. The third kappa shape index (κ3) is 1.75. The van der Waals surface area contributed by atoms with Gasteiger partial charge in [0.15, 0.2) is 5.79 Å². The van der Waals surface area contributed by atoms with Crippen LogP contribution in [0.25, 0.3) is 0 Å². The molecule has 1 aromatic carbocycles. The zero-order valence-corrected chi connectivity index (χ0v) is 13.8. The molecule has 4 aliphatic rings. The van der Waals surface area contributed by atoms with Crippen molar-refractivity contribution in [3.63, 3.8) is 0 Å². The maximum absolute atomic E-state index is 11.8. The van der Waals surface area contributed by atoms with E-state index in [1.807, 2.05) is 0 Å². The Morgan fingerprint density at radius 3 is 2.70 bits per heavy atom. The van der Waals surface area contributed by atoms with Crippen LogP contribution in [0.5, 0.6) is 0 Å². The molecule has 3 aliphatic carbocycles. The third-order valence-corrected chi connectivity index (χ3v) is 7.03. The normalized spacial score (nSPS) is 34.3. The number of fused-ring (bicyclic) bond motifs is 6. The number of carbonyl (C=O) groups excluding carboxylic acids is 1. The zero-order chi connectivity index (χ0) is 15.7. The average Bonchev–Trinajstić information content (AvgIpc) is 3.14. The SMILES string of the molecule is CC12CCc3c(ccc4c3CCC(=O)C4)C1CCC21OCCO1. The van der Waals surface area contributed by atoms with Gasteiger partial charge in [0.05, 0.1) is 13.2 Å². The van der Waals surface area contributed by atoms with Gasteiger partial charge in [0.1, 0.15) is 5.78 Å². The molecule has 0 N–H and O–H groups in total. The molecule has 1 aromatic rings. The van der Waals surface area contributed by atoms with Crippen LogP contribution in [-0.2, 0) is 33.5 Å². The summed E-state index contributed by atoms with van der Waals surface area (Å²) in [5.41, 5.74) is 5.92. The van der Waals surface area contributed by atoms with E-state index in [9.17, 15) is 4.79 Å². The van der Waals surface area contributed by atoms with Crippen molar-refractivity contribution in [1.29, 1.82) is 0 Å². The summed E-state index contributed by atoms with van der Waals surface area (Å²) in [6, 6.07) is 4.53. The minimum Gasteiger partial charge on any atom is -0.347 e. The highest BCUT2D eigenvalue weighted by Gasteiger charge is 2.62. The second kappa shape index (κ2) is 4.67. The topological polar surface area (TPSA) is 35.5 Å². The van der Waals surface area contributed by atoms with E-state index in [0.29, 0.717) is 18.1 Å². The molecule has 1 aliphatic heterocycles. The second-order valence-corrected chi connectivity index (χ2v) is 7.95. The largest absolute Gasteiger partial charge is 0.347 e. The highest BCUT2D eigenvalue weighted by Crippen LogP contribution is 2.63. The van der Waals surface area contributed by atoms with Crippen LogP contribution in [0.15, 0.2) is 12.1 Å². The molecule has 23 heavy (non-hydrogen) atoms. The minimum absolute atomic E-state index is 0.0925. The van der Waals surface area contributed by atoms with Crippen molar-refractivity contribution in [2.45, 2.75) is 63.6 Å². The lowest BCUT2D eigenvalue weighted by Crippen LogP contribution is -2.47. The van der Waals surface area contributed by atoms with Gasteiger partial charge >= 0.3 is 0 Å². The number of rotatable bonds is 0. The molecule has 3 nitrogen and oxygen atoms in total. The molecule has 1 saturated carbocycles. The second-order valence-electron chi connectivity index (χ2n) is 7.95. The van der Waals surface area contributed by atoms with Crippen LogP contribution in [0, 0.1) is 5.41 Å². The van der Waals surface area contributed by atoms with Gasteiger partial charge in [-0.25, -0.2) is 0 Å². The molecule has 2 unspecified atom stereocenters. The monoisotopic (exact) mass is 312 g/mol. The van der Waals surface area contributed by atoms with Crippen molar-refractivity contribution in [2.24, 2.45) is 5.41 Å². The lowest BCUT2D eigenvalue weighted by Gasteiger charge is -2.46. The molecule has 1 saturated heterocycles. The number of carbonyl (C=O) groups is 1. The molecule has 5 rings (SSSR count). The fourth-order valence-corrected chi connectivity index (χ4v) is 5.80. The van der Waals surface area contributed by atoms with Gasteiger partial charge in [0, 0.05) is 24.7 Å². The van der Waals surface area contributed by atoms with Gasteiger partial charge in [-0.3, -0.25) is 4.79 Å². The summed E-state index contributed by atoms with van der Waals surface area (Å²) in [5, 5.41) is 0. The first-order valence-corrected chi connectivity index (χ1v) is 9.06. The summed E-state index contributed by atoms with van der Waals surface area (Å²) in [7, 11) is 0. The van der Waals surface area contributed by atoms with Gasteiger partial charge in [-0.15, -0.1) is 0 Å². The number of Topliss-reactive ketones (excluding diaryl/α,β-unsaturated/α-hetero) is 1. The van der Waals surface area contributed by atoms with E-state index in [-0.39, 0.29) is 11.2 Å². The maximum atomic E-state index is 11.8. The van der Waals surface area contributed by atoms with Crippen molar-refractivity contribution in [1.82, 2.24) is 0 Å². The van der Waals surface area contributed by atoms with Crippen molar-refractivity contribution in [2.75, 3.05) is 13.2 Å².